The average molecular weight is 281 g/mol. The van der Waals surface area contributed by atoms with Crippen LogP contribution >= 0.6 is 22.9 Å². The van der Waals surface area contributed by atoms with E-state index in [0.717, 1.165) is 16.4 Å². The van der Waals surface area contributed by atoms with Crippen LogP contribution < -0.4 is 4.90 Å². The number of carbonyl (C=O) groups excluding carboxylic acids is 1. The largest absolute Gasteiger partial charge is 0.291 e. The molecule has 2 aromatic rings. The maximum Gasteiger partial charge on any atom is 0.232 e. The zero-order chi connectivity index (χ0) is 13.1. The lowest BCUT2D eigenvalue weighted by Crippen LogP contribution is -2.27. The van der Waals surface area contributed by atoms with Gasteiger partial charge < -0.3 is 0 Å². The minimum Gasteiger partial charge on any atom is -0.291 e. The van der Waals surface area contributed by atoms with E-state index in [9.17, 15) is 4.79 Å². The maximum absolute atomic E-state index is 12.1. The molecule has 1 aromatic heterocycles. The highest BCUT2D eigenvalue weighted by molar-refractivity contribution is 7.14. The SMILES string of the molecule is Cc1csc(N(C)C(=O)Cc2cccc(Cl)c2)n1. The van der Waals surface area contributed by atoms with Gasteiger partial charge in [-0.3, -0.25) is 9.69 Å². The molecule has 0 radical (unpaired) electrons. The summed E-state index contributed by atoms with van der Waals surface area (Å²) in [4.78, 5) is 18.0. The Morgan fingerprint density at radius 3 is 2.89 bits per heavy atom. The van der Waals surface area contributed by atoms with Crippen molar-refractivity contribution in [1.29, 1.82) is 0 Å². The van der Waals surface area contributed by atoms with Gasteiger partial charge in [-0.1, -0.05) is 23.7 Å². The van der Waals surface area contributed by atoms with Crippen LogP contribution in [0.25, 0.3) is 0 Å². The number of halogens is 1. The molecule has 1 aromatic carbocycles. The molecule has 0 saturated heterocycles. The van der Waals surface area contributed by atoms with Gasteiger partial charge in [-0.05, 0) is 24.6 Å². The summed E-state index contributed by atoms with van der Waals surface area (Å²) < 4.78 is 0. The molecule has 18 heavy (non-hydrogen) atoms. The quantitative estimate of drug-likeness (QED) is 0.864. The molecule has 0 fully saturated rings. The van der Waals surface area contributed by atoms with Crippen molar-refractivity contribution in [2.45, 2.75) is 13.3 Å². The van der Waals surface area contributed by atoms with Gasteiger partial charge >= 0.3 is 0 Å². The monoisotopic (exact) mass is 280 g/mol. The number of hydrogen-bond acceptors (Lipinski definition) is 3. The molecule has 5 heteroatoms. The van der Waals surface area contributed by atoms with Gasteiger partial charge in [0.15, 0.2) is 5.13 Å². The maximum atomic E-state index is 12.1. The number of aryl methyl sites for hydroxylation is 1. The average Bonchev–Trinajstić information content (AvgIpc) is 2.75. The molecule has 0 N–H and O–H groups in total. The van der Waals surface area contributed by atoms with Crippen molar-refractivity contribution in [1.82, 2.24) is 4.98 Å². The van der Waals surface area contributed by atoms with Crippen molar-refractivity contribution in [3.63, 3.8) is 0 Å². The van der Waals surface area contributed by atoms with Crippen LogP contribution in [0.2, 0.25) is 5.02 Å². The lowest BCUT2D eigenvalue weighted by molar-refractivity contribution is -0.117. The van der Waals surface area contributed by atoms with E-state index >= 15 is 0 Å². The van der Waals surface area contributed by atoms with Gasteiger partial charge in [-0.2, -0.15) is 0 Å². The first kappa shape index (κ1) is 13.1. The van der Waals surface area contributed by atoms with Crippen molar-refractivity contribution >= 4 is 34.0 Å². The molecule has 0 aliphatic rings. The van der Waals surface area contributed by atoms with Gasteiger partial charge in [-0.15, -0.1) is 11.3 Å². The molecule has 0 atom stereocenters. The van der Waals surface area contributed by atoms with Gasteiger partial charge in [0.05, 0.1) is 12.1 Å². The number of thiazole rings is 1. The number of amides is 1. The predicted molar refractivity (Wildman–Crippen MR) is 75.4 cm³/mol. The van der Waals surface area contributed by atoms with Gasteiger partial charge in [0.2, 0.25) is 5.91 Å². The number of rotatable bonds is 3. The lowest BCUT2D eigenvalue weighted by atomic mass is 10.1. The second-order valence-electron chi connectivity index (χ2n) is 4.03. The highest BCUT2D eigenvalue weighted by Crippen LogP contribution is 2.20. The smallest absolute Gasteiger partial charge is 0.232 e. The molecule has 3 nitrogen and oxygen atoms in total. The topological polar surface area (TPSA) is 33.2 Å². The summed E-state index contributed by atoms with van der Waals surface area (Å²) in [7, 11) is 1.74. The Morgan fingerprint density at radius 2 is 2.28 bits per heavy atom. The summed E-state index contributed by atoms with van der Waals surface area (Å²) in [5, 5.41) is 3.30. The summed E-state index contributed by atoms with van der Waals surface area (Å²) in [5.41, 5.74) is 1.84. The third kappa shape index (κ3) is 3.09. The number of nitrogens with zero attached hydrogens (tertiary/aromatic N) is 2. The van der Waals surface area contributed by atoms with Crippen LogP contribution in [0.4, 0.5) is 5.13 Å². The van der Waals surface area contributed by atoms with Gasteiger partial charge in [-0.25, -0.2) is 4.98 Å². The predicted octanol–water partition coefficient (Wildman–Crippen LogP) is 3.31. The molecule has 0 saturated carbocycles. The number of benzene rings is 1. The molecule has 0 aliphatic carbocycles. The number of hydrogen-bond donors (Lipinski definition) is 0. The van der Waals surface area contributed by atoms with Crippen molar-refractivity contribution in [3.05, 3.63) is 45.9 Å². The number of likely N-dealkylation sites (N-methyl/N-ethyl adjacent to an activating group) is 1. The Kier molecular flexibility index (Phi) is 3.99. The van der Waals surface area contributed by atoms with Crippen molar-refractivity contribution in [2.75, 3.05) is 11.9 Å². The first-order valence-corrected chi connectivity index (χ1v) is 6.75. The molecule has 2 rings (SSSR count). The van der Waals surface area contributed by atoms with Gasteiger partial charge in [0.1, 0.15) is 0 Å². The molecular formula is C13H13ClN2OS. The van der Waals surface area contributed by atoms with Crippen LogP contribution in [0.3, 0.4) is 0 Å². The molecule has 94 valence electrons. The number of aromatic nitrogens is 1. The van der Waals surface area contributed by atoms with Crippen LogP contribution in [-0.4, -0.2) is 17.9 Å². The Labute approximate surface area is 115 Å². The van der Waals surface area contributed by atoms with Gasteiger partial charge in [0, 0.05) is 17.5 Å². The highest BCUT2D eigenvalue weighted by atomic mass is 35.5. The molecule has 0 bridgehead atoms. The zero-order valence-corrected chi connectivity index (χ0v) is 11.8. The van der Waals surface area contributed by atoms with Crippen LogP contribution in [-0.2, 0) is 11.2 Å². The van der Waals surface area contributed by atoms with Gasteiger partial charge in [0.25, 0.3) is 0 Å². The normalized spacial score (nSPS) is 10.4. The molecule has 0 unspecified atom stereocenters. The van der Waals surface area contributed by atoms with E-state index in [1.54, 1.807) is 24.1 Å². The Morgan fingerprint density at radius 1 is 1.50 bits per heavy atom. The van der Waals surface area contributed by atoms with Crippen LogP contribution in [0.15, 0.2) is 29.6 Å². The first-order valence-electron chi connectivity index (χ1n) is 5.49. The Bertz CT molecular complexity index is 568. The van der Waals surface area contributed by atoms with E-state index in [2.05, 4.69) is 4.98 Å². The second-order valence-corrected chi connectivity index (χ2v) is 5.30. The van der Waals surface area contributed by atoms with Crippen LogP contribution in [0.1, 0.15) is 11.3 Å². The minimum absolute atomic E-state index is 0.00613. The summed E-state index contributed by atoms with van der Waals surface area (Å²) in [5.74, 6) is 0.00613. The van der Waals surface area contributed by atoms with E-state index in [-0.39, 0.29) is 5.91 Å². The summed E-state index contributed by atoms with van der Waals surface area (Å²) in [6.07, 6.45) is 0.329. The Balaban J connectivity index is 2.08. The summed E-state index contributed by atoms with van der Waals surface area (Å²) in [6, 6.07) is 7.34. The zero-order valence-electron chi connectivity index (χ0n) is 10.2. The first-order chi connectivity index (χ1) is 8.56. The molecule has 1 heterocycles. The third-order valence-electron chi connectivity index (χ3n) is 2.51. The minimum atomic E-state index is 0.00613. The van der Waals surface area contributed by atoms with E-state index < -0.39 is 0 Å². The van der Waals surface area contributed by atoms with Crippen LogP contribution in [0, 0.1) is 6.92 Å². The molecule has 0 aliphatic heterocycles. The third-order valence-corrected chi connectivity index (χ3v) is 3.78. The Hall–Kier alpha value is -1.39. The van der Waals surface area contributed by atoms with Crippen LogP contribution in [0.5, 0.6) is 0 Å². The lowest BCUT2D eigenvalue weighted by Gasteiger charge is -2.13. The fourth-order valence-electron chi connectivity index (χ4n) is 1.54. The van der Waals surface area contributed by atoms with E-state index in [1.807, 2.05) is 24.4 Å². The fourth-order valence-corrected chi connectivity index (χ4v) is 2.54. The molecule has 0 spiro atoms. The highest BCUT2D eigenvalue weighted by Gasteiger charge is 2.14. The summed E-state index contributed by atoms with van der Waals surface area (Å²) in [6.45, 7) is 1.91. The summed E-state index contributed by atoms with van der Waals surface area (Å²) >= 11 is 7.36. The van der Waals surface area contributed by atoms with Crippen molar-refractivity contribution in [3.8, 4) is 0 Å². The molecule has 1 amide bonds. The van der Waals surface area contributed by atoms with E-state index in [4.69, 9.17) is 11.6 Å². The van der Waals surface area contributed by atoms with E-state index in [0.29, 0.717) is 11.4 Å². The number of anilines is 1. The molecular weight excluding hydrogens is 268 g/mol. The standard InChI is InChI=1S/C13H13ClN2OS/c1-9-8-18-13(15-9)16(2)12(17)7-10-4-3-5-11(14)6-10/h3-6,8H,7H2,1-2H3. The van der Waals surface area contributed by atoms with Crippen molar-refractivity contribution < 1.29 is 4.79 Å². The number of carbonyl (C=O) groups is 1. The second kappa shape index (κ2) is 5.50. The van der Waals surface area contributed by atoms with Crippen molar-refractivity contribution in [2.24, 2.45) is 0 Å². The van der Waals surface area contributed by atoms with E-state index in [1.165, 1.54) is 11.3 Å². The fraction of sp³-hybridized carbons (Fsp3) is 0.231.